The highest BCUT2D eigenvalue weighted by molar-refractivity contribution is 5.52. The molecule has 1 aliphatic heterocycles. The van der Waals surface area contributed by atoms with Crippen LogP contribution in [-0.4, -0.2) is 35.9 Å². The number of hydrogen-bond acceptors (Lipinski definition) is 5. The van der Waals surface area contributed by atoms with Crippen LogP contribution in [0.2, 0.25) is 0 Å². The summed E-state index contributed by atoms with van der Waals surface area (Å²) in [4.78, 5) is 2.28. The van der Waals surface area contributed by atoms with Crippen LogP contribution >= 0.6 is 0 Å². The number of aromatic nitrogens is 2. The molecular weight excluding hydrogens is 214 g/mol. The van der Waals surface area contributed by atoms with E-state index in [1.54, 1.807) is 0 Å². The van der Waals surface area contributed by atoms with Gasteiger partial charge in [0.25, 0.3) is 0 Å². The maximum Gasteiger partial charge on any atom is 0.150 e. The average molecular weight is 233 g/mol. The zero-order valence-electron chi connectivity index (χ0n) is 9.97. The van der Waals surface area contributed by atoms with Crippen molar-refractivity contribution in [3.05, 3.63) is 12.3 Å². The number of anilines is 2. The van der Waals surface area contributed by atoms with Gasteiger partial charge in [0.2, 0.25) is 0 Å². The van der Waals surface area contributed by atoms with Gasteiger partial charge >= 0.3 is 0 Å². The van der Waals surface area contributed by atoms with E-state index in [0.717, 1.165) is 43.5 Å². The smallest absolute Gasteiger partial charge is 0.150 e. The van der Waals surface area contributed by atoms with Gasteiger partial charge in [0, 0.05) is 31.7 Å². The van der Waals surface area contributed by atoms with Crippen LogP contribution < -0.4 is 16.0 Å². The number of nitrogens with zero attached hydrogens (tertiary/aromatic N) is 3. The van der Waals surface area contributed by atoms with Crippen molar-refractivity contribution in [1.29, 1.82) is 0 Å². The highest BCUT2D eigenvalue weighted by atomic mass is 15.2. The van der Waals surface area contributed by atoms with Crippen LogP contribution in [0.3, 0.4) is 0 Å². The number of hydrogen-bond donors (Lipinski definition) is 2. The van der Waals surface area contributed by atoms with E-state index in [9.17, 15) is 0 Å². The molecular formula is C12H19N5. The van der Waals surface area contributed by atoms with E-state index in [1.165, 1.54) is 12.8 Å². The quantitative estimate of drug-likeness (QED) is 0.806. The predicted molar refractivity (Wildman–Crippen MR) is 68.1 cm³/mol. The summed E-state index contributed by atoms with van der Waals surface area (Å²) in [5, 5.41) is 11.5. The van der Waals surface area contributed by atoms with Crippen molar-refractivity contribution in [2.75, 3.05) is 29.9 Å². The summed E-state index contributed by atoms with van der Waals surface area (Å²) >= 11 is 0. The van der Waals surface area contributed by atoms with Gasteiger partial charge in [0.15, 0.2) is 5.82 Å². The Morgan fingerprint density at radius 1 is 1.41 bits per heavy atom. The molecule has 17 heavy (non-hydrogen) atoms. The second kappa shape index (κ2) is 4.49. The lowest BCUT2D eigenvalue weighted by molar-refractivity contribution is 0.752. The first-order valence-electron chi connectivity index (χ1n) is 6.38. The maximum atomic E-state index is 5.91. The highest BCUT2D eigenvalue weighted by Gasteiger charge is 2.22. The van der Waals surface area contributed by atoms with Crippen molar-refractivity contribution in [2.24, 2.45) is 11.7 Å². The molecule has 2 fully saturated rings. The standard InChI is InChI=1S/C12H19N5/c13-10-3-4-17(8-10)11-5-12(16-15-7-11)14-6-9-1-2-9/h5,7,9-10H,1-4,6,8,13H2,(H,14,16)/t10-/m1/s1. The predicted octanol–water partition coefficient (Wildman–Crippen LogP) is 0.836. The number of nitrogens with two attached hydrogens (primary N) is 1. The third-order valence-corrected chi connectivity index (χ3v) is 3.50. The zero-order chi connectivity index (χ0) is 11.7. The van der Waals surface area contributed by atoms with Crippen LogP contribution in [0.1, 0.15) is 19.3 Å². The SMILES string of the molecule is N[C@@H]1CCN(c2cnnc(NCC3CC3)c2)C1. The molecule has 0 aromatic carbocycles. The lowest BCUT2D eigenvalue weighted by Gasteiger charge is -2.17. The first-order chi connectivity index (χ1) is 8.31. The molecule has 1 aromatic heterocycles. The van der Waals surface area contributed by atoms with E-state index in [1.807, 2.05) is 6.20 Å². The molecule has 0 radical (unpaired) electrons. The van der Waals surface area contributed by atoms with Crippen molar-refractivity contribution < 1.29 is 0 Å². The average Bonchev–Trinajstić information content (AvgIpc) is 3.08. The fraction of sp³-hybridized carbons (Fsp3) is 0.667. The molecule has 1 saturated carbocycles. The Morgan fingerprint density at radius 3 is 3.00 bits per heavy atom. The minimum absolute atomic E-state index is 0.297. The summed E-state index contributed by atoms with van der Waals surface area (Å²) < 4.78 is 0. The third-order valence-electron chi connectivity index (χ3n) is 3.50. The summed E-state index contributed by atoms with van der Waals surface area (Å²) in [5.74, 6) is 1.73. The van der Waals surface area contributed by atoms with Crippen LogP contribution in [0.5, 0.6) is 0 Å². The molecule has 0 bridgehead atoms. The van der Waals surface area contributed by atoms with Gasteiger partial charge in [-0.05, 0) is 25.2 Å². The Balaban J connectivity index is 1.65. The Morgan fingerprint density at radius 2 is 2.29 bits per heavy atom. The Bertz CT molecular complexity index is 390. The molecule has 1 aromatic rings. The van der Waals surface area contributed by atoms with Gasteiger partial charge in [0.1, 0.15) is 0 Å². The topological polar surface area (TPSA) is 67.1 Å². The third kappa shape index (κ3) is 2.66. The summed E-state index contributed by atoms with van der Waals surface area (Å²) in [6.07, 6.45) is 5.58. The Labute approximate surface area is 101 Å². The first kappa shape index (κ1) is 10.8. The van der Waals surface area contributed by atoms with Crippen molar-refractivity contribution in [2.45, 2.75) is 25.3 Å². The van der Waals surface area contributed by atoms with Crippen LogP contribution in [0.4, 0.5) is 11.5 Å². The number of rotatable bonds is 4. The van der Waals surface area contributed by atoms with Crippen LogP contribution in [0, 0.1) is 5.92 Å². The lowest BCUT2D eigenvalue weighted by atomic mass is 10.3. The van der Waals surface area contributed by atoms with Gasteiger partial charge in [-0.1, -0.05) is 0 Å². The van der Waals surface area contributed by atoms with Crippen LogP contribution in [-0.2, 0) is 0 Å². The Kier molecular flexibility index (Phi) is 2.84. The molecule has 1 aliphatic carbocycles. The van der Waals surface area contributed by atoms with E-state index in [4.69, 9.17) is 5.73 Å². The van der Waals surface area contributed by atoms with Crippen LogP contribution in [0.15, 0.2) is 12.3 Å². The second-order valence-electron chi connectivity index (χ2n) is 5.12. The highest BCUT2D eigenvalue weighted by Crippen LogP contribution is 2.29. The Hall–Kier alpha value is -1.36. The van der Waals surface area contributed by atoms with Crippen molar-refractivity contribution in [1.82, 2.24) is 10.2 Å². The summed E-state index contributed by atoms with van der Waals surface area (Å²) in [5.41, 5.74) is 7.04. The van der Waals surface area contributed by atoms with Gasteiger partial charge in [-0.3, -0.25) is 0 Å². The van der Waals surface area contributed by atoms with E-state index < -0.39 is 0 Å². The lowest BCUT2D eigenvalue weighted by Crippen LogP contribution is -2.26. The summed E-state index contributed by atoms with van der Waals surface area (Å²) in [6, 6.07) is 2.37. The molecule has 0 unspecified atom stereocenters. The summed E-state index contributed by atoms with van der Waals surface area (Å²) in [7, 11) is 0. The maximum absolute atomic E-state index is 5.91. The molecule has 1 atom stereocenters. The van der Waals surface area contributed by atoms with E-state index in [-0.39, 0.29) is 0 Å². The fourth-order valence-corrected chi connectivity index (χ4v) is 2.21. The van der Waals surface area contributed by atoms with Gasteiger partial charge < -0.3 is 16.0 Å². The molecule has 2 heterocycles. The van der Waals surface area contributed by atoms with Gasteiger partial charge in [-0.15, -0.1) is 5.10 Å². The molecule has 5 nitrogen and oxygen atoms in total. The molecule has 5 heteroatoms. The monoisotopic (exact) mass is 233 g/mol. The van der Waals surface area contributed by atoms with E-state index >= 15 is 0 Å². The molecule has 0 spiro atoms. The van der Waals surface area contributed by atoms with Gasteiger partial charge in [-0.25, -0.2) is 0 Å². The molecule has 92 valence electrons. The van der Waals surface area contributed by atoms with Crippen molar-refractivity contribution >= 4 is 11.5 Å². The minimum atomic E-state index is 0.297. The number of nitrogens with one attached hydrogen (secondary N) is 1. The molecule has 2 aliphatic rings. The molecule has 3 N–H and O–H groups in total. The van der Waals surface area contributed by atoms with E-state index in [2.05, 4.69) is 26.5 Å². The second-order valence-corrected chi connectivity index (χ2v) is 5.12. The first-order valence-corrected chi connectivity index (χ1v) is 6.38. The molecule has 1 saturated heterocycles. The van der Waals surface area contributed by atoms with Gasteiger partial charge in [0.05, 0.1) is 11.9 Å². The molecule has 0 amide bonds. The van der Waals surface area contributed by atoms with Gasteiger partial charge in [-0.2, -0.15) is 5.10 Å². The van der Waals surface area contributed by atoms with Crippen molar-refractivity contribution in [3.8, 4) is 0 Å². The fourth-order valence-electron chi connectivity index (χ4n) is 2.21. The van der Waals surface area contributed by atoms with E-state index in [0.29, 0.717) is 6.04 Å². The zero-order valence-corrected chi connectivity index (χ0v) is 9.97. The molecule has 3 rings (SSSR count). The summed E-state index contributed by atoms with van der Waals surface area (Å²) in [6.45, 7) is 2.97. The van der Waals surface area contributed by atoms with Crippen molar-refractivity contribution in [3.63, 3.8) is 0 Å². The van der Waals surface area contributed by atoms with Crippen LogP contribution in [0.25, 0.3) is 0 Å². The largest absolute Gasteiger partial charge is 0.369 e. The minimum Gasteiger partial charge on any atom is -0.369 e. The normalized spacial score (nSPS) is 24.1.